The summed E-state index contributed by atoms with van der Waals surface area (Å²) in [6.45, 7) is 5.09. The van der Waals surface area contributed by atoms with Crippen molar-refractivity contribution in [3.63, 3.8) is 0 Å². The Balaban J connectivity index is 2.06. The fourth-order valence-electron chi connectivity index (χ4n) is 3.95. The number of hydrogen-bond donors (Lipinski definition) is 0. The molecule has 3 rings (SSSR count). The molecule has 1 aliphatic heterocycles. The van der Waals surface area contributed by atoms with Crippen molar-refractivity contribution < 1.29 is 22.1 Å². The third-order valence-corrected chi connectivity index (χ3v) is 6.50. The summed E-state index contributed by atoms with van der Waals surface area (Å²) in [5.41, 5.74) is -0.643. The lowest BCUT2D eigenvalue weighted by Crippen LogP contribution is -2.47. The molecule has 2 aliphatic carbocycles. The number of nitrogens with zero attached hydrogens (tertiary/aromatic N) is 1. The van der Waals surface area contributed by atoms with E-state index in [9.17, 15) is 18.5 Å². The van der Waals surface area contributed by atoms with Crippen molar-refractivity contribution in [1.82, 2.24) is 0 Å². The van der Waals surface area contributed by atoms with E-state index in [1.54, 1.807) is 6.92 Å². The number of carbonyl (C=O) groups excluding carboxylic acids is 1. The van der Waals surface area contributed by atoms with Gasteiger partial charge in [-0.3, -0.25) is 4.18 Å². The van der Waals surface area contributed by atoms with Gasteiger partial charge in [0.25, 0.3) is 10.1 Å². The van der Waals surface area contributed by atoms with Gasteiger partial charge in [0.05, 0.1) is 12.0 Å². The van der Waals surface area contributed by atoms with Crippen LogP contribution in [0.25, 0.3) is 0 Å². The van der Waals surface area contributed by atoms with Gasteiger partial charge in [-0.15, -0.1) is 0 Å². The summed E-state index contributed by atoms with van der Waals surface area (Å²) < 4.78 is 34.5. The fourth-order valence-corrected chi connectivity index (χ4v) is 6.17. The van der Waals surface area contributed by atoms with Crippen molar-refractivity contribution >= 4 is 16.1 Å². The molecular weight excluding hydrogens is 270 g/mol. The van der Waals surface area contributed by atoms with Crippen molar-refractivity contribution in [2.45, 2.75) is 30.8 Å². The monoisotopic (exact) mass is 283 g/mol. The zero-order valence-electron chi connectivity index (χ0n) is 10.3. The predicted molar refractivity (Wildman–Crippen MR) is 63.0 cm³/mol. The molecule has 19 heavy (non-hydrogen) atoms. The molecule has 6 nitrogen and oxygen atoms in total. The zero-order chi connectivity index (χ0) is 14.0. The molecule has 0 N–H and O–H groups in total. The topological polar surface area (TPSA) is 93.5 Å². The molecule has 7 heteroatoms. The first-order chi connectivity index (χ1) is 8.85. The van der Waals surface area contributed by atoms with Gasteiger partial charge < -0.3 is 4.74 Å². The summed E-state index contributed by atoms with van der Waals surface area (Å²) in [4.78, 5) is 11.4. The van der Waals surface area contributed by atoms with E-state index in [1.807, 2.05) is 0 Å². The van der Waals surface area contributed by atoms with Gasteiger partial charge in [-0.2, -0.15) is 13.7 Å². The smallest absolute Gasteiger partial charge is 0.330 e. The minimum absolute atomic E-state index is 0.286. The minimum Gasteiger partial charge on any atom is -0.457 e. The molecule has 2 saturated carbocycles. The highest BCUT2D eigenvalue weighted by Crippen LogP contribution is 2.65. The molecule has 3 fully saturated rings. The summed E-state index contributed by atoms with van der Waals surface area (Å²) >= 11 is 0. The van der Waals surface area contributed by atoms with Crippen LogP contribution in [-0.4, -0.2) is 31.8 Å². The number of nitriles is 1. The van der Waals surface area contributed by atoms with Crippen LogP contribution in [0.15, 0.2) is 12.7 Å². The van der Waals surface area contributed by atoms with Gasteiger partial charge >= 0.3 is 5.97 Å². The van der Waals surface area contributed by atoms with Crippen LogP contribution in [0.4, 0.5) is 0 Å². The van der Waals surface area contributed by atoms with Gasteiger partial charge in [-0.25, -0.2) is 4.79 Å². The largest absolute Gasteiger partial charge is 0.457 e. The zero-order valence-corrected chi connectivity index (χ0v) is 11.1. The number of esters is 1. The summed E-state index contributed by atoms with van der Waals surface area (Å²) in [6, 6.07) is 2.10. The number of hydrogen-bond acceptors (Lipinski definition) is 6. The van der Waals surface area contributed by atoms with Gasteiger partial charge in [0.2, 0.25) is 0 Å². The third kappa shape index (κ3) is 1.38. The Kier molecular flexibility index (Phi) is 2.38. The molecule has 1 saturated heterocycles. The average Bonchev–Trinajstić information content (AvgIpc) is 2.81. The highest BCUT2D eigenvalue weighted by molar-refractivity contribution is 7.87. The minimum atomic E-state index is -3.80. The van der Waals surface area contributed by atoms with Crippen LogP contribution >= 0.6 is 0 Å². The van der Waals surface area contributed by atoms with E-state index in [0.29, 0.717) is 6.42 Å². The van der Waals surface area contributed by atoms with Crippen molar-refractivity contribution in [2.24, 2.45) is 17.3 Å². The van der Waals surface area contributed by atoms with E-state index in [-0.39, 0.29) is 5.92 Å². The van der Waals surface area contributed by atoms with E-state index in [1.165, 1.54) is 0 Å². The Hall–Kier alpha value is -1.39. The fraction of sp³-hybridized carbons (Fsp3) is 0.667. The van der Waals surface area contributed by atoms with Crippen LogP contribution in [0.3, 0.4) is 0 Å². The van der Waals surface area contributed by atoms with Gasteiger partial charge in [0.1, 0.15) is 17.5 Å². The van der Waals surface area contributed by atoms with E-state index < -0.39 is 44.9 Å². The lowest BCUT2D eigenvalue weighted by Gasteiger charge is -2.32. The average molecular weight is 283 g/mol. The van der Waals surface area contributed by atoms with Crippen LogP contribution in [0, 0.1) is 28.6 Å². The van der Waals surface area contributed by atoms with Crippen LogP contribution in [-0.2, 0) is 23.8 Å². The molecule has 0 aromatic rings. The normalized spacial score (nSPS) is 48.7. The molecule has 6 atom stereocenters. The van der Waals surface area contributed by atoms with Crippen molar-refractivity contribution in [1.29, 1.82) is 5.26 Å². The summed E-state index contributed by atoms with van der Waals surface area (Å²) in [6.07, 6.45) is 0.0879. The lowest BCUT2D eigenvalue weighted by molar-refractivity contribution is -0.146. The van der Waals surface area contributed by atoms with E-state index >= 15 is 0 Å². The first kappa shape index (κ1) is 12.6. The van der Waals surface area contributed by atoms with Crippen molar-refractivity contribution in [2.75, 3.05) is 0 Å². The maximum Gasteiger partial charge on any atom is 0.330 e. The summed E-state index contributed by atoms with van der Waals surface area (Å²) in [5.74, 6) is -1.51. The van der Waals surface area contributed by atoms with Crippen LogP contribution in [0.1, 0.15) is 13.3 Å². The van der Waals surface area contributed by atoms with E-state index in [4.69, 9.17) is 8.92 Å². The van der Waals surface area contributed by atoms with Gasteiger partial charge in [-0.05, 0) is 6.42 Å². The van der Waals surface area contributed by atoms with Gasteiger partial charge in [0.15, 0.2) is 0 Å². The highest BCUT2D eigenvalue weighted by Gasteiger charge is 2.76. The quantitative estimate of drug-likeness (QED) is 0.412. The summed E-state index contributed by atoms with van der Waals surface area (Å²) in [7, 11) is -3.80. The SMILES string of the molecule is C=CC(=O)OC1C2CC3(C)C(OS(=O)(=O)C13)C2C#N. The molecule has 0 aromatic heterocycles. The van der Waals surface area contributed by atoms with Gasteiger partial charge in [-0.1, -0.05) is 13.5 Å². The lowest BCUT2D eigenvalue weighted by atomic mass is 9.77. The molecule has 0 amide bonds. The van der Waals surface area contributed by atoms with Gasteiger partial charge in [0, 0.05) is 17.4 Å². The van der Waals surface area contributed by atoms with Crippen LogP contribution < -0.4 is 0 Å². The number of ether oxygens (including phenoxy) is 1. The first-order valence-electron chi connectivity index (χ1n) is 6.00. The number of fused-ring (bicyclic) bond motifs is 1. The maximum absolute atomic E-state index is 12.1. The molecule has 2 bridgehead atoms. The molecule has 1 heterocycles. The van der Waals surface area contributed by atoms with Crippen molar-refractivity contribution in [3.8, 4) is 6.07 Å². The van der Waals surface area contributed by atoms with Crippen molar-refractivity contribution in [3.05, 3.63) is 12.7 Å². The van der Waals surface area contributed by atoms with E-state index in [0.717, 1.165) is 6.08 Å². The number of carbonyl (C=O) groups is 1. The molecular formula is C12H13NO5S. The third-order valence-electron chi connectivity index (χ3n) is 4.60. The second-order valence-corrected chi connectivity index (χ2v) is 7.25. The van der Waals surface area contributed by atoms with Crippen LogP contribution in [0.2, 0.25) is 0 Å². The Morgan fingerprint density at radius 2 is 2.32 bits per heavy atom. The Bertz CT molecular complexity index is 606. The second kappa shape index (κ2) is 3.58. The maximum atomic E-state index is 12.1. The predicted octanol–water partition coefficient (Wildman–Crippen LogP) is 0.361. The molecule has 0 radical (unpaired) electrons. The molecule has 0 spiro atoms. The summed E-state index contributed by atoms with van der Waals surface area (Å²) in [5, 5.41) is 8.34. The molecule has 6 unspecified atom stereocenters. The molecule has 102 valence electrons. The number of rotatable bonds is 2. The van der Waals surface area contributed by atoms with Crippen LogP contribution in [0.5, 0.6) is 0 Å². The Labute approximate surface area is 111 Å². The first-order valence-corrected chi connectivity index (χ1v) is 7.47. The standard InChI is InChI=1S/C12H13NO5S/c1-3-8(14)17-9-6-4-12(2)10(7(6)5-13)18-19(15,16)11(9)12/h3,6-7,9-11H,1,4H2,2H3. The molecule has 3 aliphatic rings. The molecule has 0 aromatic carbocycles. The Morgan fingerprint density at radius 1 is 1.63 bits per heavy atom. The van der Waals surface area contributed by atoms with E-state index in [2.05, 4.69) is 12.6 Å². The highest BCUT2D eigenvalue weighted by atomic mass is 32.2. The Morgan fingerprint density at radius 3 is 2.89 bits per heavy atom. The second-order valence-electron chi connectivity index (χ2n) is 5.56.